The van der Waals surface area contributed by atoms with Crippen molar-refractivity contribution >= 4 is 5.82 Å². The Kier molecular flexibility index (Phi) is 3.12. The highest BCUT2D eigenvalue weighted by Crippen LogP contribution is 2.29. The van der Waals surface area contributed by atoms with Crippen LogP contribution in [0.3, 0.4) is 0 Å². The standard InChI is InChI=1S/C10H17N5O/c1-15-10(11)8(5-13-15)9(14-12)7-3-2-4-16-6-7/h5-6,9,14H,2-4,11-12H2,1H3. The Morgan fingerprint density at radius 1 is 1.62 bits per heavy atom. The molecule has 0 aromatic carbocycles. The molecular weight excluding hydrogens is 206 g/mol. The summed E-state index contributed by atoms with van der Waals surface area (Å²) >= 11 is 0. The van der Waals surface area contributed by atoms with Crippen LogP contribution >= 0.6 is 0 Å². The lowest BCUT2D eigenvalue weighted by Gasteiger charge is -2.22. The number of hydrogen-bond acceptors (Lipinski definition) is 5. The van der Waals surface area contributed by atoms with E-state index in [0.29, 0.717) is 5.82 Å². The molecule has 0 bridgehead atoms. The molecule has 1 unspecified atom stereocenters. The minimum absolute atomic E-state index is 0.117. The van der Waals surface area contributed by atoms with Crippen LogP contribution in [-0.4, -0.2) is 16.4 Å². The first-order chi connectivity index (χ1) is 7.74. The second kappa shape index (κ2) is 4.54. The Morgan fingerprint density at radius 2 is 2.44 bits per heavy atom. The van der Waals surface area contributed by atoms with Crippen molar-refractivity contribution < 1.29 is 4.74 Å². The summed E-state index contributed by atoms with van der Waals surface area (Å²) in [5.41, 5.74) is 10.7. The maximum atomic E-state index is 5.92. The second-order valence-electron chi connectivity index (χ2n) is 3.88. The van der Waals surface area contributed by atoms with Crippen LogP contribution < -0.4 is 17.0 Å². The van der Waals surface area contributed by atoms with Crippen molar-refractivity contribution in [1.29, 1.82) is 0 Å². The number of aryl methyl sites for hydroxylation is 1. The molecule has 5 N–H and O–H groups in total. The zero-order valence-corrected chi connectivity index (χ0v) is 9.31. The first kappa shape index (κ1) is 11.0. The lowest BCUT2D eigenvalue weighted by atomic mass is 9.97. The molecule has 0 amide bonds. The molecule has 1 atom stereocenters. The number of hydrogen-bond donors (Lipinski definition) is 3. The number of anilines is 1. The van der Waals surface area contributed by atoms with Crippen LogP contribution in [0.4, 0.5) is 5.82 Å². The Labute approximate surface area is 94.2 Å². The van der Waals surface area contributed by atoms with Gasteiger partial charge in [-0.3, -0.25) is 10.5 Å². The number of hydrazine groups is 1. The van der Waals surface area contributed by atoms with Gasteiger partial charge in [0, 0.05) is 12.6 Å². The number of nitrogens with zero attached hydrogens (tertiary/aromatic N) is 2. The first-order valence-corrected chi connectivity index (χ1v) is 5.28. The summed E-state index contributed by atoms with van der Waals surface area (Å²) in [6.45, 7) is 0.767. The minimum Gasteiger partial charge on any atom is -0.501 e. The van der Waals surface area contributed by atoms with Crippen LogP contribution in [0.2, 0.25) is 0 Å². The molecule has 0 aliphatic carbocycles. The van der Waals surface area contributed by atoms with Crippen LogP contribution in [-0.2, 0) is 11.8 Å². The summed E-state index contributed by atoms with van der Waals surface area (Å²) in [6, 6.07) is -0.117. The van der Waals surface area contributed by atoms with E-state index in [1.165, 1.54) is 0 Å². The summed E-state index contributed by atoms with van der Waals surface area (Å²) in [5.74, 6) is 6.19. The third kappa shape index (κ3) is 1.89. The van der Waals surface area contributed by atoms with Crippen molar-refractivity contribution in [3.8, 4) is 0 Å². The summed E-state index contributed by atoms with van der Waals surface area (Å²) in [6.07, 6.45) is 5.46. The van der Waals surface area contributed by atoms with E-state index in [1.807, 2.05) is 0 Å². The molecule has 6 nitrogen and oxygen atoms in total. The highest BCUT2D eigenvalue weighted by atomic mass is 16.5. The van der Waals surface area contributed by atoms with Gasteiger partial charge in [0.1, 0.15) is 5.82 Å². The fourth-order valence-electron chi connectivity index (χ4n) is 1.88. The molecule has 1 aliphatic rings. The van der Waals surface area contributed by atoms with Gasteiger partial charge >= 0.3 is 0 Å². The second-order valence-corrected chi connectivity index (χ2v) is 3.88. The Morgan fingerprint density at radius 3 is 2.94 bits per heavy atom. The Bertz CT molecular complexity index is 398. The van der Waals surface area contributed by atoms with Crippen LogP contribution in [0, 0.1) is 0 Å². The summed E-state index contributed by atoms with van der Waals surface area (Å²) in [4.78, 5) is 0. The van der Waals surface area contributed by atoms with Crippen molar-refractivity contribution in [2.45, 2.75) is 18.9 Å². The predicted molar refractivity (Wildman–Crippen MR) is 61.0 cm³/mol. The average molecular weight is 223 g/mol. The highest BCUT2D eigenvalue weighted by Gasteiger charge is 2.21. The molecule has 88 valence electrons. The van der Waals surface area contributed by atoms with Gasteiger partial charge in [0.05, 0.1) is 25.1 Å². The van der Waals surface area contributed by atoms with Crippen molar-refractivity contribution in [1.82, 2.24) is 15.2 Å². The van der Waals surface area contributed by atoms with E-state index in [9.17, 15) is 0 Å². The summed E-state index contributed by atoms with van der Waals surface area (Å²) in [7, 11) is 1.80. The van der Waals surface area contributed by atoms with Gasteiger partial charge in [-0.2, -0.15) is 5.10 Å². The van der Waals surface area contributed by atoms with Crippen molar-refractivity contribution in [2.75, 3.05) is 12.3 Å². The lowest BCUT2D eigenvalue weighted by molar-refractivity contribution is 0.219. The molecule has 2 heterocycles. The SMILES string of the molecule is Cn1ncc(C(NN)C2=COCCC2)c1N. The third-order valence-corrected chi connectivity index (χ3v) is 2.83. The number of nitrogens with one attached hydrogen (secondary N) is 1. The molecule has 6 heteroatoms. The zero-order valence-electron chi connectivity index (χ0n) is 9.31. The van der Waals surface area contributed by atoms with Gasteiger partial charge in [0.15, 0.2) is 0 Å². The predicted octanol–water partition coefficient (Wildman–Crippen LogP) is 0.201. The van der Waals surface area contributed by atoms with E-state index >= 15 is 0 Å². The molecule has 1 aromatic heterocycles. The van der Waals surface area contributed by atoms with Gasteiger partial charge < -0.3 is 10.5 Å². The van der Waals surface area contributed by atoms with E-state index in [-0.39, 0.29) is 6.04 Å². The lowest BCUT2D eigenvalue weighted by Crippen LogP contribution is -2.30. The maximum absolute atomic E-state index is 5.92. The zero-order chi connectivity index (χ0) is 11.5. The van der Waals surface area contributed by atoms with Crippen molar-refractivity contribution in [3.63, 3.8) is 0 Å². The van der Waals surface area contributed by atoms with Gasteiger partial charge in [-0.25, -0.2) is 5.43 Å². The molecule has 2 rings (SSSR count). The van der Waals surface area contributed by atoms with E-state index < -0.39 is 0 Å². The third-order valence-electron chi connectivity index (χ3n) is 2.83. The number of rotatable bonds is 3. The first-order valence-electron chi connectivity index (χ1n) is 5.28. The van der Waals surface area contributed by atoms with Crippen molar-refractivity contribution in [3.05, 3.63) is 23.6 Å². The molecule has 1 aromatic rings. The van der Waals surface area contributed by atoms with Gasteiger partial charge in [-0.15, -0.1) is 0 Å². The van der Waals surface area contributed by atoms with E-state index in [0.717, 1.165) is 30.6 Å². The molecule has 0 spiro atoms. The quantitative estimate of drug-likeness (QED) is 0.503. The minimum atomic E-state index is -0.117. The normalized spacial score (nSPS) is 17.8. The van der Waals surface area contributed by atoms with Gasteiger partial charge in [0.25, 0.3) is 0 Å². The van der Waals surface area contributed by atoms with Crippen molar-refractivity contribution in [2.24, 2.45) is 12.9 Å². The van der Waals surface area contributed by atoms with E-state index in [4.69, 9.17) is 16.3 Å². The van der Waals surface area contributed by atoms with Gasteiger partial charge in [-0.05, 0) is 18.4 Å². The van der Waals surface area contributed by atoms with Gasteiger partial charge in [0.2, 0.25) is 0 Å². The average Bonchev–Trinajstić information content (AvgIpc) is 2.64. The topological polar surface area (TPSA) is 91.1 Å². The van der Waals surface area contributed by atoms with Gasteiger partial charge in [-0.1, -0.05) is 0 Å². The number of nitrogens with two attached hydrogens (primary N) is 2. The van der Waals surface area contributed by atoms with Crippen LogP contribution in [0.1, 0.15) is 24.4 Å². The number of nitrogen functional groups attached to an aromatic ring is 1. The molecule has 0 saturated heterocycles. The number of ether oxygens (including phenoxy) is 1. The molecular formula is C10H17N5O. The van der Waals surface area contributed by atoms with Crippen LogP contribution in [0.15, 0.2) is 18.0 Å². The maximum Gasteiger partial charge on any atom is 0.126 e. The number of aromatic nitrogens is 2. The fourth-order valence-corrected chi connectivity index (χ4v) is 1.88. The molecule has 0 saturated carbocycles. The molecule has 0 radical (unpaired) electrons. The Balaban J connectivity index is 2.28. The van der Waals surface area contributed by atoms with E-state index in [1.54, 1.807) is 24.2 Å². The Hall–Kier alpha value is -1.53. The largest absolute Gasteiger partial charge is 0.501 e. The molecule has 16 heavy (non-hydrogen) atoms. The molecule has 1 aliphatic heterocycles. The molecule has 0 fully saturated rings. The van der Waals surface area contributed by atoms with E-state index in [2.05, 4.69) is 10.5 Å². The monoisotopic (exact) mass is 223 g/mol. The smallest absolute Gasteiger partial charge is 0.126 e. The summed E-state index contributed by atoms with van der Waals surface area (Å²) < 4.78 is 6.94. The van der Waals surface area contributed by atoms with Crippen LogP contribution in [0.25, 0.3) is 0 Å². The fraction of sp³-hybridized carbons (Fsp3) is 0.500. The van der Waals surface area contributed by atoms with Crippen LogP contribution in [0.5, 0.6) is 0 Å². The highest BCUT2D eigenvalue weighted by molar-refractivity contribution is 5.44. The summed E-state index contributed by atoms with van der Waals surface area (Å²) in [5, 5.41) is 4.11.